The molecule has 0 bridgehead atoms. The maximum Gasteiger partial charge on any atom is 0.135 e. The van der Waals surface area contributed by atoms with E-state index in [-0.39, 0.29) is 6.10 Å². The Bertz CT molecular complexity index is 310. The van der Waals surface area contributed by atoms with Crippen molar-refractivity contribution in [3.63, 3.8) is 0 Å². The van der Waals surface area contributed by atoms with E-state index in [2.05, 4.69) is 45.7 Å². The number of rotatable bonds is 3. The van der Waals surface area contributed by atoms with Crippen molar-refractivity contribution in [1.82, 2.24) is 0 Å². The van der Waals surface area contributed by atoms with Gasteiger partial charge in [0.1, 0.15) is 11.9 Å². The van der Waals surface area contributed by atoms with Crippen molar-refractivity contribution in [2.75, 3.05) is 0 Å². The second kappa shape index (κ2) is 5.17. The molecule has 1 atom stereocenters. The van der Waals surface area contributed by atoms with Gasteiger partial charge in [-0.3, -0.25) is 0 Å². The standard InChI is InChI=1S/C11H13Br2O/c1-7(2)8(3)14-11-6-9(12)4-5-10(11)13/h4-6,8H,1-3H3. The fourth-order valence-corrected chi connectivity index (χ4v) is 1.56. The van der Waals surface area contributed by atoms with Crippen LogP contribution < -0.4 is 4.74 Å². The smallest absolute Gasteiger partial charge is 0.135 e. The van der Waals surface area contributed by atoms with Gasteiger partial charge in [0.05, 0.1) is 4.47 Å². The third kappa shape index (κ3) is 3.28. The lowest BCUT2D eigenvalue weighted by atomic mass is 10.1. The van der Waals surface area contributed by atoms with Gasteiger partial charge in [0.15, 0.2) is 0 Å². The molecule has 0 N–H and O–H groups in total. The molecule has 0 saturated carbocycles. The number of halogens is 2. The van der Waals surface area contributed by atoms with Crippen LogP contribution in [-0.2, 0) is 0 Å². The lowest BCUT2D eigenvalue weighted by Crippen LogP contribution is -2.17. The first-order valence-electron chi connectivity index (χ1n) is 4.42. The molecule has 0 aliphatic heterocycles. The van der Waals surface area contributed by atoms with Crippen LogP contribution in [-0.4, -0.2) is 6.10 Å². The molecule has 3 heteroatoms. The molecule has 1 aromatic carbocycles. The molecule has 0 amide bonds. The van der Waals surface area contributed by atoms with Crippen LogP contribution >= 0.6 is 31.9 Å². The number of benzene rings is 1. The third-order valence-electron chi connectivity index (χ3n) is 2.01. The molecule has 0 heterocycles. The van der Waals surface area contributed by atoms with E-state index in [1.807, 2.05) is 25.1 Å². The predicted molar refractivity (Wildman–Crippen MR) is 66.5 cm³/mol. The molecule has 77 valence electrons. The van der Waals surface area contributed by atoms with Gasteiger partial charge in [-0.25, -0.2) is 0 Å². The van der Waals surface area contributed by atoms with Crippen LogP contribution in [0.3, 0.4) is 0 Å². The minimum absolute atomic E-state index is 0.139. The molecule has 0 spiro atoms. The Hall–Kier alpha value is -0.0200. The van der Waals surface area contributed by atoms with Crippen LogP contribution in [0.25, 0.3) is 0 Å². The van der Waals surface area contributed by atoms with E-state index in [0.717, 1.165) is 14.7 Å². The van der Waals surface area contributed by atoms with Crippen LogP contribution in [0.4, 0.5) is 0 Å². The zero-order valence-electron chi connectivity index (χ0n) is 8.47. The Morgan fingerprint density at radius 2 is 1.93 bits per heavy atom. The number of hydrogen-bond acceptors (Lipinski definition) is 1. The van der Waals surface area contributed by atoms with Gasteiger partial charge in [-0.05, 0) is 41.1 Å². The minimum Gasteiger partial charge on any atom is -0.489 e. The summed E-state index contributed by atoms with van der Waals surface area (Å²) in [5, 5.41) is 0. The minimum atomic E-state index is 0.139. The molecule has 0 aromatic heterocycles. The fraction of sp³-hybridized carbons (Fsp3) is 0.364. The summed E-state index contributed by atoms with van der Waals surface area (Å²) in [6, 6.07) is 5.91. The zero-order valence-corrected chi connectivity index (χ0v) is 11.6. The summed E-state index contributed by atoms with van der Waals surface area (Å²) < 4.78 is 7.78. The predicted octanol–water partition coefficient (Wildman–Crippen LogP) is 4.59. The first-order valence-corrected chi connectivity index (χ1v) is 6.01. The van der Waals surface area contributed by atoms with Crippen LogP contribution in [0.1, 0.15) is 20.8 Å². The van der Waals surface area contributed by atoms with Gasteiger partial charge in [-0.1, -0.05) is 29.8 Å². The summed E-state index contributed by atoms with van der Waals surface area (Å²) in [7, 11) is 0. The highest BCUT2D eigenvalue weighted by Crippen LogP contribution is 2.30. The van der Waals surface area contributed by atoms with Crippen molar-refractivity contribution < 1.29 is 4.74 Å². The molecular weight excluding hydrogens is 308 g/mol. The third-order valence-corrected chi connectivity index (χ3v) is 3.16. The highest BCUT2D eigenvalue weighted by Gasteiger charge is 2.11. The molecule has 0 aliphatic carbocycles. The Balaban J connectivity index is 2.80. The molecule has 1 aromatic rings. The van der Waals surface area contributed by atoms with Crippen molar-refractivity contribution in [3.05, 3.63) is 33.1 Å². The van der Waals surface area contributed by atoms with Crippen molar-refractivity contribution >= 4 is 31.9 Å². The topological polar surface area (TPSA) is 9.23 Å². The Morgan fingerprint density at radius 1 is 1.29 bits per heavy atom. The summed E-state index contributed by atoms with van der Waals surface area (Å²) >= 11 is 6.87. The van der Waals surface area contributed by atoms with Crippen molar-refractivity contribution in [2.45, 2.75) is 26.9 Å². The highest BCUT2D eigenvalue weighted by atomic mass is 79.9. The summed E-state index contributed by atoms with van der Waals surface area (Å²) in [5.74, 6) is 2.13. The van der Waals surface area contributed by atoms with Crippen molar-refractivity contribution in [2.24, 2.45) is 0 Å². The monoisotopic (exact) mass is 319 g/mol. The van der Waals surface area contributed by atoms with Gasteiger partial charge in [0, 0.05) is 10.4 Å². The van der Waals surface area contributed by atoms with Crippen molar-refractivity contribution in [1.29, 1.82) is 0 Å². The van der Waals surface area contributed by atoms with Gasteiger partial charge >= 0.3 is 0 Å². The molecule has 1 nitrogen and oxygen atoms in total. The SMILES string of the molecule is C[C](C)C(C)Oc1cc(Br)ccc1Br. The maximum atomic E-state index is 5.77. The summed E-state index contributed by atoms with van der Waals surface area (Å²) in [4.78, 5) is 0. The number of hydrogen-bond donors (Lipinski definition) is 0. The lowest BCUT2D eigenvalue weighted by molar-refractivity contribution is 0.233. The van der Waals surface area contributed by atoms with E-state index in [1.54, 1.807) is 0 Å². The largest absolute Gasteiger partial charge is 0.489 e. The van der Waals surface area contributed by atoms with Gasteiger partial charge in [0.2, 0.25) is 0 Å². The molecule has 0 saturated heterocycles. The van der Waals surface area contributed by atoms with E-state index in [1.165, 1.54) is 5.92 Å². The normalized spacial score (nSPS) is 13.0. The molecule has 0 aliphatic rings. The van der Waals surface area contributed by atoms with E-state index >= 15 is 0 Å². The second-order valence-electron chi connectivity index (χ2n) is 3.41. The molecule has 1 radical (unpaired) electrons. The summed E-state index contributed by atoms with van der Waals surface area (Å²) in [6.07, 6.45) is 0.139. The second-order valence-corrected chi connectivity index (χ2v) is 5.18. The lowest BCUT2D eigenvalue weighted by Gasteiger charge is -2.18. The van der Waals surface area contributed by atoms with E-state index in [9.17, 15) is 0 Å². The Kier molecular flexibility index (Phi) is 4.45. The van der Waals surface area contributed by atoms with Gasteiger partial charge in [0.25, 0.3) is 0 Å². The van der Waals surface area contributed by atoms with E-state index in [0.29, 0.717) is 0 Å². The summed E-state index contributed by atoms with van der Waals surface area (Å²) in [6.45, 7) is 6.18. The highest BCUT2D eigenvalue weighted by molar-refractivity contribution is 9.11. The van der Waals surface area contributed by atoms with Crippen LogP contribution in [0, 0.1) is 5.92 Å². The first kappa shape index (κ1) is 12.1. The molecule has 0 fully saturated rings. The van der Waals surface area contributed by atoms with Gasteiger partial charge in [-0.15, -0.1) is 0 Å². The van der Waals surface area contributed by atoms with Gasteiger partial charge < -0.3 is 4.74 Å². The Labute approximate surface area is 102 Å². The molecule has 14 heavy (non-hydrogen) atoms. The van der Waals surface area contributed by atoms with Crippen LogP contribution in [0.5, 0.6) is 5.75 Å². The first-order chi connectivity index (χ1) is 6.50. The average Bonchev–Trinajstić information content (AvgIpc) is 2.11. The average molecular weight is 321 g/mol. The van der Waals surface area contributed by atoms with E-state index < -0.39 is 0 Å². The summed E-state index contributed by atoms with van der Waals surface area (Å²) in [5.41, 5.74) is 0. The van der Waals surface area contributed by atoms with Gasteiger partial charge in [-0.2, -0.15) is 0 Å². The molecular formula is C11H13Br2O. The van der Waals surface area contributed by atoms with Crippen LogP contribution in [0.2, 0.25) is 0 Å². The fourth-order valence-electron chi connectivity index (χ4n) is 0.876. The zero-order chi connectivity index (χ0) is 10.7. The van der Waals surface area contributed by atoms with Crippen LogP contribution in [0.15, 0.2) is 27.1 Å². The Morgan fingerprint density at radius 3 is 2.50 bits per heavy atom. The quantitative estimate of drug-likeness (QED) is 0.791. The maximum absolute atomic E-state index is 5.77. The molecule has 1 rings (SSSR count). The van der Waals surface area contributed by atoms with Crippen molar-refractivity contribution in [3.8, 4) is 5.75 Å². The van der Waals surface area contributed by atoms with E-state index in [4.69, 9.17) is 4.74 Å². The molecule has 1 unspecified atom stereocenters. The number of ether oxygens (including phenoxy) is 1.